The van der Waals surface area contributed by atoms with E-state index in [2.05, 4.69) is 4.98 Å². The van der Waals surface area contributed by atoms with Crippen LogP contribution in [-0.2, 0) is 16.6 Å². The average Bonchev–Trinajstić information content (AvgIpc) is 2.29. The van der Waals surface area contributed by atoms with Crippen molar-refractivity contribution < 1.29 is 8.42 Å². The molecule has 1 aromatic rings. The molecule has 0 saturated heterocycles. The number of pyridine rings is 1. The first-order valence-corrected chi connectivity index (χ1v) is 7.04. The molecule has 6 heteroatoms. The van der Waals surface area contributed by atoms with E-state index in [1.54, 1.807) is 12.1 Å². The summed E-state index contributed by atoms with van der Waals surface area (Å²) in [6, 6.07) is 3.12. The molecular formula is C11H19N3O2S. The van der Waals surface area contributed by atoms with Gasteiger partial charge in [0.2, 0.25) is 10.0 Å². The highest BCUT2D eigenvalue weighted by Gasteiger charge is 2.25. The second-order valence-corrected chi connectivity index (χ2v) is 5.88. The van der Waals surface area contributed by atoms with Crippen LogP contribution in [0, 0.1) is 0 Å². The number of rotatable bonds is 5. The standard InChI is InChI=1S/C11H19N3O2S/c1-4-14(9(2)3)17(15,16)11-6-5-10(7-12)13-8-11/h5-6,8-9H,4,7,12H2,1-3H3. The fourth-order valence-electron chi connectivity index (χ4n) is 1.63. The highest BCUT2D eigenvalue weighted by atomic mass is 32.2. The first kappa shape index (κ1) is 14.1. The van der Waals surface area contributed by atoms with E-state index >= 15 is 0 Å². The lowest BCUT2D eigenvalue weighted by Gasteiger charge is -2.24. The molecule has 0 fully saturated rings. The molecule has 0 amide bonds. The van der Waals surface area contributed by atoms with Crippen LogP contribution in [0.5, 0.6) is 0 Å². The molecule has 0 atom stereocenters. The fraction of sp³-hybridized carbons (Fsp3) is 0.545. The van der Waals surface area contributed by atoms with E-state index in [0.29, 0.717) is 18.8 Å². The zero-order valence-electron chi connectivity index (χ0n) is 10.4. The monoisotopic (exact) mass is 257 g/mol. The molecule has 5 nitrogen and oxygen atoms in total. The molecule has 2 N–H and O–H groups in total. The fourth-order valence-corrected chi connectivity index (χ4v) is 3.22. The molecule has 0 unspecified atom stereocenters. The van der Waals surface area contributed by atoms with E-state index in [-0.39, 0.29) is 10.9 Å². The largest absolute Gasteiger partial charge is 0.325 e. The lowest BCUT2D eigenvalue weighted by atomic mass is 10.4. The van der Waals surface area contributed by atoms with Gasteiger partial charge in [0.15, 0.2) is 0 Å². The zero-order chi connectivity index (χ0) is 13.1. The molecular weight excluding hydrogens is 238 g/mol. The van der Waals surface area contributed by atoms with E-state index in [9.17, 15) is 8.42 Å². The maximum Gasteiger partial charge on any atom is 0.244 e. The third-order valence-corrected chi connectivity index (χ3v) is 4.64. The molecule has 0 bridgehead atoms. The molecule has 0 aliphatic heterocycles. The third kappa shape index (κ3) is 3.02. The predicted octanol–water partition coefficient (Wildman–Crippen LogP) is 0.959. The molecule has 0 aromatic carbocycles. The van der Waals surface area contributed by atoms with Gasteiger partial charge in [0, 0.05) is 25.3 Å². The van der Waals surface area contributed by atoms with Crippen molar-refractivity contribution in [1.82, 2.24) is 9.29 Å². The van der Waals surface area contributed by atoms with Crippen molar-refractivity contribution in [1.29, 1.82) is 0 Å². The van der Waals surface area contributed by atoms with Gasteiger partial charge < -0.3 is 5.73 Å². The number of nitrogens with zero attached hydrogens (tertiary/aromatic N) is 2. The Bertz CT molecular complexity index is 454. The van der Waals surface area contributed by atoms with Crippen LogP contribution in [0.25, 0.3) is 0 Å². The lowest BCUT2D eigenvalue weighted by molar-refractivity contribution is 0.369. The van der Waals surface area contributed by atoms with Crippen LogP contribution in [-0.4, -0.2) is 30.3 Å². The molecule has 0 radical (unpaired) electrons. The van der Waals surface area contributed by atoms with E-state index in [1.165, 1.54) is 10.5 Å². The minimum absolute atomic E-state index is 0.0702. The number of sulfonamides is 1. The van der Waals surface area contributed by atoms with Gasteiger partial charge in [0.1, 0.15) is 4.90 Å². The van der Waals surface area contributed by atoms with Gasteiger partial charge in [-0.1, -0.05) is 6.92 Å². The summed E-state index contributed by atoms with van der Waals surface area (Å²) < 4.78 is 26.0. The third-order valence-electron chi connectivity index (χ3n) is 2.50. The second-order valence-electron chi connectivity index (χ2n) is 3.99. The van der Waals surface area contributed by atoms with Gasteiger partial charge in [0.05, 0.1) is 5.69 Å². The Labute approximate surface area is 103 Å². The maximum absolute atomic E-state index is 12.3. The zero-order valence-corrected chi connectivity index (χ0v) is 11.2. The van der Waals surface area contributed by atoms with Gasteiger partial charge >= 0.3 is 0 Å². The Kier molecular flexibility index (Phi) is 4.62. The van der Waals surface area contributed by atoms with Crippen molar-refractivity contribution >= 4 is 10.0 Å². The van der Waals surface area contributed by atoms with Crippen molar-refractivity contribution in [2.24, 2.45) is 5.73 Å². The van der Waals surface area contributed by atoms with Crippen LogP contribution in [0.2, 0.25) is 0 Å². The van der Waals surface area contributed by atoms with E-state index < -0.39 is 10.0 Å². The smallest absolute Gasteiger partial charge is 0.244 e. The number of aromatic nitrogens is 1. The van der Waals surface area contributed by atoms with Crippen molar-refractivity contribution in [2.75, 3.05) is 6.54 Å². The quantitative estimate of drug-likeness (QED) is 0.852. The van der Waals surface area contributed by atoms with E-state index in [0.717, 1.165) is 0 Å². The average molecular weight is 257 g/mol. The number of nitrogens with two attached hydrogens (primary N) is 1. The number of hydrogen-bond acceptors (Lipinski definition) is 4. The highest BCUT2D eigenvalue weighted by Crippen LogP contribution is 2.17. The Morgan fingerprint density at radius 3 is 2.41 bits per heavy atom. The van der Waals surface area contributed by atoms with Crippen molar-refractivity contribution in [3.63, 3.8) is 0 Å². The Morgan fingerprint density at radius 1 is 1.41 bits per heavy atom. The summed E-state index contributed by atoms with van der Waals surface area (Å²) in [6.45, 7) is 6.27. The van der Waals surface area contributed by atoms with Crippen LogP contribution >= 0.6 is 0 Å². The van der Waals surface area contributed by atoms with E-state index in [1.807, 2.05) is 20.8 Å². The molecule has 0 spiro atoms. The lowest BCUT2D eigenvalue weighted by Crippen LogP contribution is -2.36. The SMILES string of the molecule is CCN(C(C)C)S(=O)(=O)c1ccc(CN)nc1. The summed E-state index contributed by atoms with van der Waals surface area (Å²) in [7, 11) is -3.45. The summed E-state index contributed by atoms with van der Waals surface area (Å²) in [5.74, 6) is 0. The number of hydrogen-bond donors (Lipinski definition) is 1. The Balaban J connectivity index is 3.11. The van der Waals surface area contributed by atoms with Crippen LogP contribution in [0.4, 0.5) is 0 Å². The van der Waals surface area contributed by atoms with Crippen LogP contribution in [0.1, 0.15) is 26.5 Å². The van der Waals surface area contributed by atoms with Crippen molar-refractivity contribution in [3.05, 3.63) is 24.0 Å². The van der Waals surface area contributed by atoms with Crippen LogP contribution in [0.15, 0.2) is 23.2 Å². The van der Waals surface area contributed by atoms with Gasteiger partial charge in [-0.25, -0.2) is 8.42 Å². The summed E-state index contributed by atoms with van der Waals surface area (Å²) in [4.78, 5) is 4.22. The minimum Gasteiger partial charge on any atom is -0.325 e. The predicted molar refractivity (Wildman–Crippen MR) is 66.8 cm³/mol. The molecule has 96 valence electrons. The molecule has 0 aliphatic rings. The molecule has 1 heterocycles. The second kappa shape index (κ2) is 5.57. The summed E-state index contributed by atoms with van der Waals surface area (Å²) in [6.07, 6.45) is 1.36. The molecule has 1 aromatic heterocycles. The normalized spacial score (nSPS) is 12.4. The van der Waals surface area contributed by atoms with Crippen LogP contribution in [0.3, 0.4) is 0 Å². The van der Waals surface area contributed by atoms with Crippen LogP contribution < -0.4 is 5.73 Å². The van der Waals surface area contributed by atoms with Gasteiger partial charge in [-0.3, -0.25) is 4.98 Å². The first-order chi connectivity index (χ1) is 7.93. The first-order valence-electron chi connectivity index (χ1n) is 5.60. The van der Waals surface area contributed by atoms with Crippen molar-refractivity contribution in [3.8, 4) is 0 Å². The minimum atomic E-state index is -3.45. The summed E-state index contributed by atoms with van der Waals surface area (Å²) in [5, 5.41) is 0. The van der Waals surface area contributed by atoms with Gasteiger partial charge in [0.25, 0.3) is 0 Å². The van der Waals surface area contributed by atoms with Crippen molar-refractivity contribution in [2.45, 2.75) is 38.3 Å². The summed E-state index contributed by atoms with van der Waals surface area (Å²) >= 11 is 0. The topological polar surface area (TPSA) is 76.3 Å². The summed E-state index contributed by atoms with van der Waals surface area (Å²) in [5.41, 5.74) is 6.10. The molecule has 1 rings (SSSR count). The molecule has 17 heavy (non-hydrogen) atoms. The Hall–Kier alpha value is -0.980. The maximum atomic E-state index is 12.3. The van der Waals surface area contributed by atoms with E-state index in [4.69, 9.17) is 5.73 Å². The van der Waals surface area contributed by atoms with Gasteiger partial charge in [-0.2, -0.15) is 4.31 Å². The molecule has 0 saturated carbocycles. The van der Waals surface area contributed by atoms with Gasteiger partial charge in [-0.05, 0) is 26.0 Å². The highest BCUT2D eigenvalue weighted by molar-refractivity contribution is 7.89. The molecule has 0 aliphatic carbocycles. The Morgan fingerprint density at radius 2 is 2.06 bits per heavy atom. The van der Waals surface area contributed by atoms with Gasteiger partial charge in [-0.15, -0.1) is 0 Å².